The number of anilines is 2. The van der Waals surface area contributed by atoms with E-state index in [0.717, 1.165) is 6.07 Å². The number of benzene rings is 2. The Hall–Kier alpha value is -1.92. The normalized spacial score (nSPS) is 11.9. The highest BCUT2D eigenvalue weighted by Gasteiger charge is 2.12. The van der Waals surface area contributed by atoms with Crippen molar-refractivity contribution >= 4 is 39.7 Å². The molecule has 0 saturated heterocycles. The first-order valence-electron chi connectivity index (χ1n) is 5.94. The lowest BCUT2D eigenvalue weighted by atomic mass is 10.3. The Morgan fingerprint density at radius 3 is 2.52 bits per heavy atom. The molecule has 2 aromatic carbocycles. The second kappa shape index (κ2) is 6.69. The van der Waals surface area contributed by atoms with E-state index in [2.05, 4.69) is 5.32 Å². The summed E-state index contributed by atoms with van der Waals surface area (Å²) >= 11 is 5.62. The molecule has 1 amide bonds. The molecule has 21 heavy (non-hydrogen) atoms. The molecule has 110 valence electrons. The van der Waals surface area contributed by atoms with E-state index in [1.165, 1.54) is 12.1 Å². The maximum absolute atomic E-state index is 13.0. The number of carbonyl (C=O) groups excluding carboxylic acids is 1. The van der Waals surface area contributed by atoms with Gasteiger partial charge < -0.3 is 11.1 Å². The third-order valence-electron chi connectivity index (χ3n) is 2.61. The lowest BCUT2D eigenvalue weighted by molar-refractivity contribution is -0.113. The molecule has 1 atom stereocenters. The molecule has 0 radical (unpaired) electrons. The SMILES string of the molecule is Nc1ccc(NC(=O)CS(=O)c2ccc(F)c(Cl)c2)cc1. The number of nitrogens with one attached hydrogen (secondary N) is 1. The van der Waals surface area contributed by atoms with Gasteiger partial charge in [-0.05, 0) is 42.5 Å². The van der Waals surface area contributed by atoms with Crippen LogP contribution in [-0.2, 0) is 15.6 Å². The Bertz CT molecular complexity index is 692. The summed E-state index contributed by atoms with van der Waals surface area (Å²) in [7, 11) is -1.60. The molecule has 3 N–H and O–H groups in total. The number of nitrogen functional groups attached to an aromatic ring is 1. The Kier molecular flexibility index (Phi) is 4.93. The van der Waals surface area contributed by atoms with Crippen molar-refractivity contribution in [1.29, 1.82) is 0 Å². The first kappa shape index (κ1) is 15.5. The highest BCUT2D eigenvalue weighted by molar-refractivity contribution is 7.85. The van der Waals surface area contributed by atoms with E-state index < -0.39 is 22.5 Å². The van der Waals surface area contributed by atoms with Crippen LogP contribution in [0.5, 0.6) is 0 Å². The third-order valence-corrected chi connectivity index (χ3v) is 4.20. The van der Waals surface area contributed by atoms with Crippen LogP contribution >= 0.6 is 11.6 Å². The van der Waals surface area contributed by atoms with Gasteiger partial charge in [0.05, 0.1) is 15.8 Å². The van der Waals surface area contributed by atoms with E-state index in [0.29, 0.717) is 16.3 Å². The van der Waals surface area contributed by atoms with Gasteiger partial charge in [-0.2, -0.15) is 0 Å². The number of hydrogen-bond acceptors (Lipinski definition) is 3. The minimum Gasteiger partial charge on any atom is -0.399 e. The van der Waals surface area contributed by atoms with Crippen molar-refractivity contribution in [2.24, 2.45) is 0 Å². The van der Waals surface area contributed by atoms with E-state index in [9.17, 15) is 13.4 Å². The maximum Gasteiger partial charge on any atom is 0.237 e. The summed E-state index contributed by atoms with van der Waals surface area (Å²) in [4.78, 5) is 12.1. The zero-order valence-corrected chi connectivity index (χ0v) is 12.4. The van der Waals surface area contributed by atoms with Gasteiger partial charge in [0.1, 0.15) is 11.6 Å². The summed E-state index contributed by atoms with van der Waals surface area (Å²) in [5.74, 6) is -1.26. The summed E-state index contributed by atoms with van der Waals surface area (Å²) in [6.45, 7) is 0. The van der Waals surface area contributed by atoms with Crippen LogP contribution in [0.15, 0.2) is 47.4 Å². The fourth-order valence-electron chi connectivity index (χ4n) is 1.58. The minimum atomic E-state index is -1.60. The smallest absolute Gasteiger partial charge is 0.237 e. The molecule has 2 rings (SSSR count). The minimum absolute atomic E-state index is 0.125. The standard InChI is InChI=1S/C14H12ClFN2O2S/c15-12-7-11(5-6-13(12)16)21(20)8-14(19)18-10-3-1-9(17)2-4-10/h1-7H,8,17H2,(H,18,19). The number of hydrogen-bond donors (Lipinski definition) is 2. The van der Waals surface area contributed by atoms with Gasteiger partial charge in [-0.25, -0.2) is 4.39 Å². The highest BCUT2D eigenvalue weighted by atomic mass is 35.5. The molecule has 0 bridgehead atoms. The number of amides is 1. The molecular formula is C14H12ClFN2O2S. The van der Waals surface area contributed by atoms with Crippen molar-refractivity contribution in [2.45, 2.75) is 4.90 Å². The predicted molar refractivity (Wildman–Crippen MR) is 82.2 cm³/mol. The molecule has 0 aliphatic heterocycles. The fraction of sp³-hybridized carbons (Fsp3) is 0.0714. The molecule has 0 aromatic heterocycles. The average Bonchev–Trinajstić information content (AvgIpc) is 2.44. The number of nitrogens with two attached hydrogens (primary N) is 1. The van der Waals surface area contributed by atoms with Gasteiger partial charge in [0.25, 0.3) is 0 Å². The first-order chi connectivity index (χ1) is 9.95. The van der Waals surface area contributed by atoms with Crippen LogP contribution in [0.1, 0.15) is 0 Å². The van der Waals surface area contributed by atoms with Gasteiger partial charge in [-0.3, -0.25) is 9.00 Å². The molecule has 0 heterocycles. The Balaban J connectivity index is 2.00. The zero-order chi connectivity index (χ0) is 15.4. The average molecular weight is 327 g/mol. The molecule has 0 fully saturated rings. The number of carbonyl (C=O) groups is 1. The molecule has 0 spiro atoms. The van der Waals surface area contributed by atoms with Crippen LogP contribution in [-0.4, -0.2) is 15.9 Å². The fourth-order valence-corrected chi connectivity index (χ4v) is 2.78. The van der Waals surface area contributed by atoms with E-state index in [4.69, 9.17) is 17.3 Å². The Morgan fingerprint density at radius 1 is 1.24 bits per heavy atom. The van der Waals surface area contributed by atoms with Crippen LogP contribution in [0.2, 0.25) is 5.02 Å². The Morgan fingerprint density at radius 2 is 1.90 bits per heavy atom. The monoisotopic (exact) mass is 326 g/mol. The maximum atomic E-state index is 13.0. The van der Waals surface area contributed by atoms with Crippen LogP contribution in [0, 0.1) is 5.82 Å². The number of rotatable bonds is 4. The van der Waals surface area contributed by atoms with Crippen molar-refractivity contribution < 1.29 is 13.4 Å². The lowest BCUT2D eigenvalue weighted by Crippen LogP contribution is -2.19. The Labute approximate surface area is 128 Å². The van der Waals surface area contributed by atoms with E-state index in [1.54, 1.807) is 24.3 Å². The van der Waals surface area contributed by atoms with Gasteiger partial charge in [0.2, 0.25) is 5.91 Å². The van der Waals surface area contributed by atoms with Gasteiger partial charge in [0.15, 0.2) is 0 Å². The summed E-state index contributed by atoms with van der Waals surface area (Å²) < 4.78 is 25.0. The number of halogens is 2. The van der Waals surface area contributed by atoms with Crippen molar-refractivity contribution in [3.8, 4) is 0 Å². The lowest BCUT2D eigenvalue weighted by Gasteiger charge is -2.06. The largest absolute Gasteiger partial charge is 0.399 e. The van der Waals surface area contributed by atoms with E-state index in [-0.39, 0.29) is 10.8 Å². The van der Waals surface area contributed by atoms with Crippen molar-refractivity contribution in [1.82, 2.24) is 0 Å². The molecule has 0 saturated carbocycles. The highest BCUT2D eigenvalue weighted by Crippen LogP contribution is 2.18. The van der Waals surface area contributed by atoms with E-state index >= 15 is 0 Å². The predicted octanol–water partition coefficient (Wildman–Crippen LogP) is 2.81. The molecule has 7 heteroatoms. The van der Waals surface area contributed by atoms with Crippen LogP contribution in [0.4, 0.5) is 15.8 Å². The van der Waals surface area contributed by atoms with Crippen molar-refractivity contribution in [2.75, 3.05) is 16.8 Å². The molecule has 1 unspecified atom stereocenters. The molecule has 0 aliphatic carbocycles. The quantitative estimate of drug-likeness (QED) is 0.849. The van der Waals surface area contributed by atoms with Gasteiger partial charge in [-0.1, -0.05) is 11.6 Å². The van der Waals surface area contributed by atoms with Crippen LogP contribution < -0.4 is 11.1 Å². The second-order valence-corrected chi connectivity index (χ2v) is 6.09. The third kappa shape index (κ3) is 4.27. The van der Waals surface area contributed by atoms with Crippen molar-refractivity contribution in [3.63, 3.8) is 0 Å². The first-order valence-corrected chi connectivity index (χ1v) is 7.64. The molecule has 0 aliphatic rings. The molecule has 2 aromatic rings. The zero-order valence-electron chi connectivity index (χ0n) is 10.8. The van der Waals surface area contributed by atoms with Crippen LogP contribution in [0.25, 0.3) is 0 Å². The second-order valence-electron chi connectivity index (χ2n) is 4.24. The van der Waals surface area contributed by atoms with Crippen LogP contribution in [0.3, 0.4) is 0 Å². The molecular weight excluding hydrogens is 315 g/mol. The summed E-state index contributed by atoms with van der Waals surface area (Å²) in [5.41, 5.74) is 6.68. The van der Waals surface area contributed by atoms with E-state index in [1.807, 2.05) is 0 Å². The summed E-state index contributed by atoms with van der Waals surface area (Å²) in [6.07, 6.45) is 0. The van der Waals surface area contributed by atoms with Gasteiger partial charge in [0, 0.05) is 16.3 Å². The summed E-state index contributed by atoms with van der Waals surface area (Å²) in [5, 5.41) is 2.48. The topological polar surface area (TPSA) is 72.2 Å². The molecule has 4 nitrogen and oxygen atoms in total. The van der Waals surface area contributed by atoms with Crippen molar-refractivity contribution in [3.05, 3.63) is 53.3 Å². The van der Waals surface area contributed by atoms with Gasteiger partial charge in [-0.15, -0.1) is 0 Å². The van der Waals surface area contributed by atoms with Gasteiger partial charge >= 0.3 is 0 Å². The summed E-state index contributed by atoms with van der Waals surface area (Å²) in [6, 6.07) is 10.3.